The van der Waals surface area contributed by atoms with Crippen molar-refractivity contribution in [3.8, 4) is 6.07 Å². The Kier molecular flexibility index (Phi) is 3.97. The highest BCUT2D eigenvalue weighted by atomic mass is 35.5. The van der Waals surface area contributed by atoms with Gasteiger partial charge in [-0.05, 0) is 30.9 Å². The average molecular weight is 359 g/mol. The van der Waals surface area contributed by atoms with Crippen molar-refractivity contribution in [3.05, 3.63) is 34.7 Å². The first-order valence-electron chi connectivity index (χ1n) is 8.29. The Hall–Kier alpha value is -2.39. The van der Waals surface area contributed by atoms with Gasteiger partial charge in [0.1, 0.15) is 17.4 Å². The molecule has 3 heterocycles. The Morgan fingerprint density at radius 3 is 3.04 bits per heavy atom. The second-order valence-corrected chi connectivity index (χ2v) is 6.97. The van der Waals surface area contributed by atoms with Crippen molar-refractivity contribution in [2.75, 3.05) is 24.5 Å². The summed E-state index contributed by atoms with van der Waals surface area (Å²) in [6, 6.07) is 4.88. The van der Waals surface area contributed by atoms with E-state index < -0.39 is 5.82 Å². The molecule has 0 saturated carbocycles. The van der Waals surface area contributed by atoms with Crippen molar-refractivity contribution in [1.29, 1.82) is 5.26 Å². The quantitative estimate of drug-likeness (QED) is 0.851. The van der Waals surface area contributed by atoms with E-state index in [4.69, 9.17) is 11.6 Å². The molecule has 2 atom stereocenters. The number of aromatic nitrogens is 1. The van der Waals surface area contributed by atoms with E-state index in [1.807, 2.05) is 4.90 Å². The predicted octanol–water partition coefficient (Wildman–Crippen LogP) is 2.86. The number of pyridine rings is 1. The van der Waals surface area contributed by atoms with Crippen molar-refractivity contribution in [2.24, 2.45) is 11.8 Å². The number of halogens is 2. The molecule has 5 nitrogen and oxygen atoms in total. The number of hydrogen-bond acceptors (Lipinski definition) is 4. The molecule has 0 unspecified atom stereocenters. The summed E-state index contributed by atoms with van der Waals surface area (Å²) in [5.74, 6) is -0.189. The van der Waals surface area contributed by atoms with Crippen LogP contribution in [0.2, 0.25) is 5.02 Å². The predicted molar refractivity (Wildman–Crippen MR) is 92.9 cm³/mol. The summed E-state index contributed by atoms with van der Waals surface area (Å²) in [5, 5.41) is 13.2. The van der Waals surface area contributed by atoms with E-state index in [1.165, 1.54) is 18.3 Å². The molecular weight excluding hydrogens is 343 g/mol. The molecule has 1 aromatic heterocycles. The van der Waals surface area contributed by atoms with Crippen molar-refractivity contribution in [2.45, 2.75) is 12.8 Å². The Morgan fingerprint density at radius 1 is 1.40 bits per heavy atom. The molecule has 4 rings (SSSR count). The molecule has 128 valence electrons. The van der Waals surface area contributed by atoms with E-state index in [-0.39, 0.29) is 17.3 Å². The number of rotatable bonds is 1. The number of carbonyl (C=O) groups is 1. The van der Waals surface area contributed by atoms with Gasteiger partial charge in [0.2, 0.25) is 5.91 Å². The summed E-state index contributed by atoms with van der Waals surface area (Å²) in [4.78, 5) is 18.3. The highest BCUT2D eigenvalue weighted by molar-refractivity contribution is 6.36. The van der Waals surface area contributed by atoms with Crippen LogP contribution >= 0.6 is 11.6 Å². The maximum atomic E-state index is 14.2. The molecule has 0 radical (unpaired) electrons. The van der Waals surface area contributed by atoms with Crippen molar-refractivity contribution in [1.82, 2.24) is 10.3 Å². The molecule has 1 N–H and O–H groups in total. The van der Waals surface area contributed by atoms with Crippen molar-refractivity contribution in [3.63, 3.8) is 0 Å². The summed E-state index contributed by atoms with van der Waals surface area (Å²) in [6.07, 6.45) is 3.21. The first kappa shape index (κ1) is 16.1. The molecule has 0 aliphatic carbocycles. The summed E-state index contributed by atoms with van der Waals surface area (Å²) in [7, 11) is 0. The van der Waals surface area contributed by atoms with E-state index in [2.05, 4.69) is 16.4 Å². The second kappa shape index (κ2) is 6.16. The molecule has 2 aromatic rings. The number of nitrogens with one attached hydrogen (secondary N) is 1. The van der Waals surface area contributed by atoms with Crippen LogP contribution in [0.25, 0.3) is 10.9 Å². The molecule has 7 heteroatoms. The van der Waals surface area contributed by atoms with Crippen molar-refractivity contribution < 1.29 is 9.18 Å². The fourth-order valence-electron chi connectivity index (χ4n) is 3.99. The molecule has 2 aliphatic rings. The molecule has 25 heavy (non-hydrogen) atoms. The minimum absolute atomic E-state index is 0.0510. The lowest BCUT2D eigenvalue weighted by molar-refractivity contribution is -0.129. The third-order valence-electron chi connectivity index (χ3n) is 5.24. The SMILES string of the molecule is N#Cc1cnc2c(F)ccc(Cl)c2c1N1CC[C@@H]2CCNC(=O)[C@@H]2C1. The highest BCUT2D eigenvalue weighted by Gasteiger charge is 2.37. The number of fused-ring (bicyclic) bond motifs is 2. The normalized spacial score (nSPS) is 23.1. The Morgan fingerprint density at radius 2 is 2.24 bits per heavy atom. The van der Waals surface area contributed by atoms with Gasteiger partial charge in [0.25, 0.3) is 0 Å². The molecule has 1 amide bonds. The topological polar surface area (TPSA) is 69.0 Å². The van der Waals surface area contributed by atoms with Gasteiger partial charge in [0.15, 0.2) is 0 Å². The zero-order valence-corrected chi connectivity index (χ0v) is 14.2. The summed E-state index contributed by atoms with van der Waals surface area (Å²) in [6.45, 7) is 1.92. The molecule has 0 bridgehead atoms. The van der Waals surface area contributed by atoms with Gasteiger partial charge in [-0.1, -0.05) is 11.6 Å². The van der Waals surface area contributed by atoms with Gasteiger partial charge in [0.05, 0.1) is 22.2 Å². The van der Waals surface area contributed by atoms with Gasteiger partial charge >= 0.3 is 0 Å². The maximum Gasteiger partial charge on any atom is 0.225 e. The molecule has 0 spiro atoms. The Bertz CT molecular complexity index is 910. The lowest BCUT2D eigenvalue weighted by Crippen LogP contribution is -2.52. The third-order valence-corrected chi connectivity index (χ3v) is 5.55. The third kappa shape index (κ3) is 2.59. The monoisotopic (exact) mass is 358 g/mol. The van der Waals surface area contributed by atoms with Gasteiger partial charge < -0.3 is 10.2 Å². The molecule has 2 fully saturated rings. The van der Waals surface area contributed by atoms with Gasteiger partial charge in [-0.25, -0.2) is 4.39 Å². The minimum Gasteiger partial charge on any atom is -0.369 e. The van der Waals surface area contributed by atoms with Crippen LogP contribution < -0.4 is 10.2 Å². The van der Waals surface area contributed by atoms with Crippen LogP contribution in [0.1, 0.15) is 18.4 Å². The number of hydrogen-bond donors (Lipinski definition) is 1. The number of piperidine rings is 2. The summed E-state index contributed by atoms with van der Waals surface area (Å²) < 4.78 is 14.2. The van der Waals surface area contributed by atoms with E-state index in [1.54, 1.807) is 0 Å². The smallest absolute Gasteiger partial charge is 0.225 e. The van der Waals surface area contributed by atoms with Crippen LogP contribution in [-0.4, -0.2) is 30.5 Å². The van der Waals surface area contributed by atoms with E-state index in [9.17, 15) is 14.4 Å². The number of anilines is 1. The van der Waals surface area contributed by atoms with Crippen LogP contribution in [0.5, 0.6) is 0 Å². The van der Waals surface area contributed by atoms with E-state index in [0.717, 1.165) is 19.4 Å². The number of carbonyl (C=O) groups excluding carboxylic acids is 1. The lowest BCUT2D eigenvalue weighted by Gasteiger charge is -2.42. The van der Waals surface area contributed by atoms with Crippen LogP contribution in [0, 0.1) is 29.0 Å². The zero-order valence-electron chi connectivity index (χ0n) is 13.4. The van der Waals surface area contributed by atoms with Gasteiger partial charge in [-0.15, -0.1) is 0 Å². The van der Waals surface area contributed by atoms with Crippen LogP contribution in [0.15, 0.2) is 18.3 Å². The van der Waals surface area contributed by atoms with Crippen molar-refractivity contribution >= 4 is 34.1 Å². The molecule has 2 saturated heterocycles. The van der Waals surface area contributed by atoms with E-state index >= 15 is 0 Å². The second-order valence-electron chi connectivity index (χ2n) is 6.57. The number of benzene rings is 1. The largest absolute Gasteiger partial charge is 0.369 e. The molecule has 1 aromatic carbocycles. The summed E-state index contributed by atoms with van der Waals surface area (Å²) in [5.41, 5.74) is 1.07. The van der Waals surface area contributed by atoms with Crippen LogP contribution in [0.4, 0.5) is 10.1 Å². The number of nitrogens with zero attached hydrogens (tertiary/aromatic N) is 3. The fraction of sp³-hybridized carbons (Fsp3) is 0.389. The first-order valence-corrected chi connectivity index (χ1v) is 8.67. The van der Waals surface area contributed by atoms with Gasteiger partial charge in [-0.3, -0.25) is 9.78 Å². The highest BCUT2D eigenvalue weighted by Crippen LogP contribution is 2.39. The van der Waals surface area contributed by atoms with Crippen LogP contribution in [0.3, 0.4) is 0 Å². The Labute approximate surface area is 149 Å². The molecule has 2 aliphatic heterocycles. The lowest BCUT2D eigenvalue weighted by atomic mass is 9.80. The first-order chi connectivity index (χ1) is 12.1. The zero-order chi connectivity index (χ0) is 17.6. The average Bonchev–Trinajstić information content (AvgIpc) is 2.64. The summed E-state index contributed by atoms with van der Waals surface area (Å²) >= 11 is 6.33. The Balaban J connectivity index is 1.84. The number of nitriles is 1. The fourth-order valence-corrected chi connectivity index (χ4v) is 4.23. The standard InChI is InChI=1S/C18H16ClFN4O/c19-13-1-2-14(20)16-15(13)17(11(7-21)8-23-16)24-6-4-10-3-5-22-18(25)12(10)9-24/h1-2,8,10,12H,3-6,9H2,(H,22,25)/t10-,12+/m0/s1. The van der Waals surface area contributed by atoms with E-state index in [0.29, 0.717) is 40.7 Å². The van der Waals surface area contributed by atoms with Gasteiger partial charge in [0, 0.05) is 31.2 Å². The van der Waals surface area contributed by atoms with Crippen LogP contribution in [-0.2, 0) is 4.79 Å². The minimum atomic E-state index is -0.476. The molecular formula is C18H16ClFN4O. The number of amides is 1. The van der Waals surface area contributed by atoms with Gasteiger partial charge in [-0.2, -0.15) is 5.26 Å². The maximum absolute atomic E-state index is 14.2.